The smallest absolute Gasteiger partial charge is 0.0622 e. The van der Waals surface area contributed by atoms with Crippen molar-refractivity contribution in [3.05, 3.63) is 0 Å². The standard InChI is InChI=1S/C6H14SSi/c1-6-7-4-5-8(6,2)3/h6H,4-5H2,1-3H3. The molecule has 0 aromatic carbocycles. The van der Waals surface area contributed by atoms with Crippen molar-refractivity contribution in [3.8, 4) is 0 Å². The maximum atomic E-state index is 2.50. The van der Waals surface area contributed by atoms with Gasteiger partial charge in [-0.25, -0.2) is 0 Å². The number of thioether (sulfide) groups is 1. The third kappa shape index (κ3) is 1.11. The second kappa shape index (κ2) is 2.07. The van der Waals surface area contributed by atoms with Gasteiger partial charge in [-0.15, -0.1) is 0 Å². The van der Waals surface area contributed by atoms with Crippen LogP contribution in [0, 0.1) is 0 Å². The molecular weight excluding hydrogens is 132 g/mol. The van der Waals surface area contributed by atoms with Crippen molar-refractivity contribution < 1.29 is 0 Å². The molecule has 1 fully saturated rings. The molecule has 0 saturated carbocycles. The molecular formula is C6H14SSi. The zero-order valence-electron chi connectivity index (χ0n) is 5.90. The predicted molar refractivity (Wildman–Crippen MR) is 44.2 cm³/mol. The molecule has 1 unspecified atom stereocenters. The van der Waals surface area contributed by atoms with Crippen molar-refractivity contribution >= 4 is 19.8 Å². The zero-order chi connectivity index (χ0) is 6.20. The lowest BCUT2D eigenvalue weighted by Gasteiger charge is -2.18. The molecule has 0 nitrogen and oxygen atoms in total. The summed E-state index contributed by atoms with van der Waals surface area (Å²) in [7, 11) is -0.681. The summed E-state index contributed by atoms with van der Waals surface area (Å²) in [5.74, 6) is 1.43. The van der Waals surface area contributed by atoms with E-state index in [1.807, 2.05) is 0 Å². The Balaban J connectivity index is 2.54. The van der Waals surface area contributed by atoms with Crippen LogP contribution in [0.2, 0.25) is 19.1 Å². The molecule has 8 heavy (non-hydrogen) atoms. The number of rotatable bonds is 0. The Morgan fingerprint density at radius 2 is 2.12 bits per heavy atom. The molecule has 0 aliphatic carbocycles. The zero-order valence-corrected chi connectivity index (χ0v) is 7.72. The molecule has 1 saturated heterocycles. The van der Waals surface area contributed by atoms with Crippen molar-refractivity contribution in [2.75, 3.05) is 5.75 Å². The van der Waals surface area contributed by atoms with E-state index in [2.05, 4.69) is 31.8 Å². The van der Waals surface area contributed by atoms with Crippen LogP contribution in [0.25, 0.3) is 0 Å². The largest absolute Gasteiger partial charge is 0.162 e. The van der Waals surface area contributed by atoms with Gasteiger partial charge in [0, 0.05) is 0 Å². The topological polar surface area (TPSA) is 0 Å². The first-order valence-electron chi connectivity index (χ1n) is 3.24. The van der Waals surface area contributed by atoms with E-state index < -0.39 is 8.07 Å². The highest BCUT2D eigenvalue weighted by Gasteiger charge is 2.33. The Morgan fingerprint density at radius 1 is 1.50 bits per heavy atom. The highest BCUT2D eigenvalue weighted by molar-refractivity contribution is 8.02. The summed E-state index contributed by atoms with van der Waals surface area (Å²) in [5.41, 5.74) is 0. The Kier molecular flexibility index (Phi) is 1.73. The van der Waals surface area contributed by atoms with E-state index in [1.165, 1.54) is 5.75 Å². The molecule has 0 bridgehead atoms. The Morgan fingerprint density at radius 3 is 2.25 bits per heavy atom. The molecule has 0 aromatic heterocycles. The van der Waals surface area contributed by atoms with E-state index in [-0.39, 0.29) is 0 Å². The maximum absolute atomic E-state index is 2.50. The van der Waals surface area contributed by atoms with Crippen molar-refractivity contribution in [2.45, 2.75) is 30.9 Å². The van der Waals surface area contributed by atoms with Gasteiger partial charge in [-0.3, -0.25) is 0 Å². The second-order valence-electron chi connectivity index (χ2n) is 3.25. The summed E-state index contributed by atoms with van der Waals surface area (Å²) in [6, 6.07) is 1.54. The van der Waals surface area contributed by atoms with Crippen LogP contribution in [0.1, 0.15) is 6.92 Å². The van der Waals surface area contributed by atoms with Gasteiger partial charge < -0.3 is 0 Å². The first kappa shape index (κ1) is 6.68. The fourth-order valence-corrected chi connectivity index (χ4v) is 6.78. The van der Waals surface area contributed by atoms with Gasteiger partial charge in [-0.2, -0.15) is 11.8 Å². The fourth-order valence-electron chi connectivity index (χ4n) is 0.928. The van der Waals surface area contributed by atoms with Crippen molar-refractivity contribution in [2.24, 2.45) is 0 Å². The number of hydrogen-bond acceptors (Lipinski definition) is 1. The SMILES string of the molecule is CC1SCC[Si]1(C)C. The molecule has 48 valence electrons. The van der Waals surface area contributed by atoms with Crippen LogP contribution in [-0.2, 0) is 0 Å². The summed E-state index contributed by atoms with van der Waals surface area (Å²) in [6.45, 7) is 7.39. The van der Waals surface area contributed by atoms with E-state index in [4.69, 9.17) is 0 Å². The molecule has 0 spiro atoms. The van der Waals surface area contributed by atoms with Crippen LogP contribution in [0.15, 0.2) is 0 Å². The Bertz CT molecular complexity index is 90.5. The van der Waals surface area contributed by atoms with E-state index in [1.54, 1.807) is 6.04 Å². The fraction of sp³-hybridized carbons (Fsp3) is 1.00. The molecule has 1 aliphatic heterocycles. The van der Waals surface area contributed by atoms with Crippen LogP contribution in [0.3, 0.4) is 0 Å². The van der Waals surface area contributed by atoms with Gasteiger partial charge in [0.1, 0.15) is 0 Å². The summed E-state index contributed by atoms with van der Waals surface area (Å²) in [5, 5.41) is 0. The van der Waals surface area contributed by atoms with Gasteiger partial charge in [0.05, 0.1) is 8.07 Å². The molecule has 1 heterocycles. The van der Waals surface area contributed by atoms with Crippen LogP contribution in [0.5, 0.6) is 0 Å². The minimum absolute atomic E-state index is 0.681. The van der Waals surface area contributed by atoms with E-state index in [0.717, 1.165) is 4.87 Å². The van der Waals surface area contributed by atoms with Crippen molar-refractivity contribution in [3.63, 3.8) is 0 Å². The molecule has 2 heteroatoms. The van der Waals surface area contributed by atoms with Crippen LogP contribution in [0.4, 0.5) is 0 Å². The quantitative estimate of drug-likeness (QED) is 0.473. The van der Waals surface area contributed by atoms with Gasteiger partial charge in [0.15, 0.2) is 0 Å². The third-order valence-corrected chi connectivity index (χ3v) is 9.67. The molecule has 0 radical (unpaired) electrons. The lowest BCUT2D eigenvalue weighted by atomic mass is 10.9. The summed E-state index contributed by atoms with van der Waals surface area (Å²) >= 11 is 2.17. The minimum atomic E-state index is -0.681. The predicted octanol–water partition coefficient (Wildman–Crippen LogP) is 2.37. The lowest BCUT2D eigenvalue weighted by molar-refractivity contribution is 1.28. The van der Waals surface area contributed by atoms with Crippen LogP contribution in [-0.4, -0.2) is 18.7 Å². The molecule has 1 atom stereocenters. The van der Waals surface area contributed by atoms with Gasteiger partial charge in [0.2, 0.25) is 0 Å². The minimum Gasteiger partial charge on any atom is -0.162 e. The molecule has 0 amide bonds. The van der Waals surface area contributed by atoms with Gasteiger partial charge >= 0.3 is 0 Å². The highest BCUT2D eigenvalue weighted by atomic mass is 32.2. The highest BCUT2D eigenvalue weighted by Crippen LogP contribution is 2.33. The molecule has 0 N–H and O–H groups in total. The molecule has 0 aromatic rings. The lowest BCUT2D eigenvalue weighted by Crippen LogP contribution is -2.31. The second-order valence-corrected chi connectivity index (χ2v) is 10.5. The van der Waals surface area contributed by atoms with E-state index in [0.29, 0.717) is 0 Å². The maximum Gasteiger partial charge on any atom is 0.0622 e. The van der Waals surface area contributed by atoms with Crippen molar-refractivity contribution in [1.82, 2.24) is 0 Å². The summed E-state index contributed by atoms with van der Waals surface area (Å²) in [4.78, 5) is 1.02. The Labute approximate surface area is 57.1 Å². The van der Waals surface area contributed by atoms with Gasteiger partial charge in [-0.1, -0.05) is 20.0 Å². The van der Waals surface area contributed by atoms with Gasteiger partial charge in [-0.05, 0) is 16.7 Å². The molecule has 1 aliphatic rings. The normalized spacial score (nSPS) is 35.6. The number of hydrogen-bond donors (Lipinski definition) is 0. The first-order chi connectivity index (χ1) is 3.63. The average Bonchev–Trinajstić information content (AvgIpc) is 1.86. The third-order valence-electron chi connectivity index (χ3n) is 2.21. The van der Waals surface area contributed by atoms with Crippen LogP contribution < -0.4 is 0 Å². The summed E-state index contributed by atoms with van der Waals surface area (Å²) in [6.07, 6.45) is 0. The van der Waals surface area contributed by atoms with Crippen molar-refractivity contribution in [1.29, 1.82) is 0 Å². The first-order valence-corrected chi connectivity index (χ1v) is 7.58. The average molecular weight is 146 g/mol. The van der Waals surface area contributed by atoms with E-state index in [9.17, 15) is 0 Å². The Hall–Kier alpha value is 0.567. The monoisotopic (exact) mass is 146 g/mol. The molecule has 1 rings (SSSR count). The van der Waals surface area contributed by atoms with Crippen LogP contribution >= 0.6 is 11.8 Å². The van der Waals surface area contributed by atoms with Gasteiger partial charge in [0.25, 0.3) is 0 Å². The van der Waals surface area contributed by atoms with E-state index >= 15 is 0 Å². The summed E-state index contributed by atoms with van der Waals surface area (Å²) < 4.78 is 0.